The molecule has 0 amide bonds. The highest BCUT2D eigenvalue weighted by Gasteiger charge is 2.17. The Morgan fingerprint density at radius 3 is 2.12 bits per heavy atom. The van der Waals surface area contributed by atoms with Crippen LogP contribution >= 0.6 is 0 Å². The van der Waals surface area contributed by atoms with E-state index >= 15 is 0 Å². The van der Waals surface area contributed by atoms with Gasteiger partial charge in [-0.05, 0) is 43.2 Å². The molecule has 0 radical (unpaired) electrons. The summed E-state index contributed by atoms with van der Waals surface area (Å²) in [6.45, 7) is 8.37. The van der Waals surface area contributed by atoms with Crippen molar-refractivity contribution in [1.29, 1.82) is 0 Å². The minimum atomic E-state index is -0.284. The summed E-state index contributed by atoms with van der Waals surface area (Å²) in [7, 11) is 0. The molecule has 0 fully saturated rings. The normalized spacial score (nSPS) is 10.8. The van der Waals surface area contributed by atoms with Gasteiger partial charge in [-0.3, -0.25) is 9.59 Å². The summed E-state index contributed by atoms with van der Waals surface area (Å²) in [4.78, 5) is 24.1. The summed E-state index contributed by atoms with van der Waals surface area (Å²) in [5.74, 6) is 0.749. The Hall–Kier alpha value is -1.84. The van der Waals surface area contributed by atoms with Crippen LogP contribution in [0.1, 0.15) is 78.2 Å². The predicted molar refractivity (Wildman–Crippen MR) is 99.9 cm³/mol. The molecule has 0 aliphatic carbocycles. The summed E-state index contributed by atoms with van der Waals surface area (Å²) < 4.78 is 11.1. The molecule has 0 saturated heterocycles. The van der Waals surface area contributed by atoms with Crippen molar-refractivity contribution >= 4 is 11.9 Å². The van der Waals surface area contributed by atoms with Gasteiger partial charge in [0.15, 0.2) is 11.5 Å². The molecule has 4 nitrogen and oxygen atoms in total. The van der Waals surface area contributed by atoms with Gasteiger partial charge in [-0.25, -0.2) is 0 Å². The standard InChI is InChI=1S/C21H32O4/c1-5-7-12-19(22)24-18-11-9-10-17(15-14-16(3)4)21(18)25-20(23)13-8-6-2/h9-11,16H,5-8,12-15H2,1-4H3. The molecule has 0 heterocycles. The molecule has 1 aromatic rings. The number of rotatable bonds is 11. The second-order valence-corrected chi connectivity index (χ2v) is 6.83. The van der Waals surface area contributed by atoms with Gasteiger partial charge >= 0.3 is 11.9 Å². The molecule has 0 unspecified atom stereocenters. The Kier molecular flexibility index (Phi) is 9.90. The largest absolute Gasteiger partial charge is 0.423 e. The van der Waals surface area contributed by atoms with Crippen molar-refractivity contribution in [3.8, 4) is 11.5 Å². The van der Waals surface area contributed by atoms with Crippen LogP contribution in [0.15, 0.2) is 18.2 Å². The maximum absolute atomic E-state index is 12.1. The summed E-state index contributed by atoms with van der Waals surface area (Å²) in [5, 5.41) is 0. The van der Waals surface area contributed by atoms with Gasteiger partial charge in [0.25, 0.3) is 0 Å². The molecule has 0 aliphatic heterocycles. The first kappa shape index (κ1) is 21.2. The molecule has 0 spiro atoms. The molecule has 0 N–H and O–H groups in total. The molecule has 0 atom stereocenters. The van der Waals surface area contributed by atoms with Crippen LogP contribution in [0, 0.1) is 5.92 Å². The third-order valence-corrected chi connectivity index (χ3v) is 3.96. The first-order valence-corrected chi connectivity index (χ1v) is 9.51. The van der Waals surface area contributed by atoms with E-state index in [1.54, 1.807) is 6.07 Å². The lowest BCUT2D eigenvalue weighted by Crippen LogP contribution is -2.13. The number of carbonyl (C=O) groups is 2. The molecular weight excluding hydrogens is 316 g/mol. The Bertz CT molecular complexity index is 549. The summed E-state index contributed by atoms with van der Waals surface area (Å²) in [6, 6.07) is 5.49. The van der Waals surface area contributed by atoms with Crippen LogP contribution in [0.3, 0.4) is 0 Å². The van der Waals surface area contributed by atoms with Crippen molar-refractivity contribution in [1.82, 2.24) is 0 Å². The summed E-state index contributed by atoms with van der Waals surface area (Å²) >= 11 is 0. The van der Waals surface area contributed by atoms with Crippen LogP contribution in [0.2, 0.25) is 0 Å². The van der Waals surface area contributed by atoms with E-state index in [0.717, 1.165) is 44.1 Å². The number of unbranched alkanes of at least 4 members (excludes halogenated alkanes) is 2. The highest BCUT2D eigenvalue weighted by atomic mass is 16.6. The fourth-order valence-corrected chi connectivity index (χ4v) is 2.38. The lowest BCUT2D eigenvalue weighted by molar-refractivity contribution is -0.137. The molecule has 140 valence electrons. The minimum absolute atomic E-state index is 0.273. The van der Waals surface area contributed by atoms with Gasteiger partial charge in [0.05, 0.1) is 0 Å². The highest BCUT2D eigenvalue weighted by Crippen LogP contribution is 2.33. The molecular formula is C21H32O4. The van der Waals surface area contributed by atoms with Gasteiger partial charge in [0.1, 0.15) is 0 Å². The monoisotopic (exact) mass is 348 g/mol. The van der Waals surface area contributed by atoms with Gasteiger partial charge in [0.2, 0.25) is 0 Å². The van der Waals surface area contributed by atoms with Crippen LogP contribution < -0.4 is 9.47 Å². The quantitative estimate of drug-likeness (QED) is 0.393. The van der Waals surface area contributed by atoms with Crippen LogP contribution in [-0.2, 0) is 16.0 Å². The van der Waals surface area contributed by atoms with Crippen molar-refractivity contribution in [2.24, 2.45) is 5.92 Å². The molecule has 0 aliphatic rings. The van der Waals surface area contributed by atoms with Crippen molar-refractivity contribution in [3.63, 3.8) is 0 Å². The Balaban J connectivity index is 2.97. The average molecular weight is 348 g/mol. The maximum atomic E-state index is 12.1. The zero-order chi connectivity index (χ0) is 18.7. The zero-order valence-electron chi connectivity index (χ0n) is 16.1. The van der Waals surface area contributed by atoms with E-state index < -0.39 is 0 Å². The SMILES string of the molecule is CCCCC(=O)Oc1cccc(CCC(C)C)c1OC(=O)CCCC. The van der Waals surface area contributed by atoms with Crippen LogP contribution in [0.5, 0.6) is 11.5 Å². The van der Waals surface area contributed by atoms with Gasteiger partial charge in [-0.1, -0.05) is 52.7 Å². The molecule has 0 bridgehead atoms. The van der Waals surface area contributed by atoms with E-state index in [-0.39, 0.29) is 11.9 Å². The van der Waals surface area contributed by atoms with Crippen molar-refractivity contribution in [3.05, 3.63) is 23.8 Å². The lowest BCUT2D eigenvalue weighted by Gasteiger charge is -2.15. The number of hydrogen-bond acceptors (Lipinski definition) is 4. The molecule has 0 aromatic heterocycles. The number of esters is 2. The van der Waals surface area contributed by atoms with Crippen LogP contribution in [0.25, 0.3) is 0 Å². The van der Waals surface area contributed by atoms with E-state index in [1.165, 1.54) is 0 Å². The van der Waals surface area contributed by atoms with Crippen LogP contribution in [-0.4, -0.2) is 11.9 Å². The second kappa shape index (κ2) is 11.7. The number of para-hydroxylation sites is 1. The number of ether oxygens (including phenoxy) is 2. The third kappa shape index (κ3) is 8.19. The number of aryl methyl sites for hydroxylation is 1. The second-order valence-electron chi connectivity index (χ2n) is 6.83. The predicted octanol–water partition coefficient (Wildman–Crippen LogP) is 5.47. The van der Waals surface area contributed by atoms with Crippen LogP contribution in [0.4, 0.5) is 0 Å². The molecule has 4 heteroatoms. The molecule has 25 heavy (non-hydrogen) atoms. The zero-order valence-corrected chi connectivity index (χ0v) is 16.1. The molecule has 0 saturated carbocycles. The van der Waals surface area contributed by atoms with E-state index in [1.807, 2.05) is 26.0 Å². The third-order valence-electron chi connectivity index (χ3n) is 3.96. The van der Waals surface area contributed by atoms with E-state index in [0.29, 0.717) is 30.3 Å². The molecule has 1 aromatic carbocycles. The van der Waals surface area contributed by atoms with Crippen molar-refractivity contribution in [2.75, 3.05) is 0 Å². The topological polar surface area (TPSA) is 52.6 Å². The minimum Gasteiger partial charge on any atom is -0.423 e. The molecule has 1 rings (SSSR count). The first-order chi connectivity index (χ1) is 12.0. The smallest absolute Gasteiger partial charge is 0.311 e. The Morgan fingerprint density at radius 2 is 1.56 bits per heavy atom. The number of benzene rings is 1. The fourth-order valence-electron chi connectivity index (χ4n) is 2.38. The average Bonchev–Trinajstić information content (AvgIpc) is 2.58. The van der Waals surface area contributed by atoms with Gasteiger partial charge in [-0.2, -0.15) is 0 Å². The van der Waals surface area contributed by atoms with E-state index in [2.05, 4.69) is 13.8 Å². The van der Waals surface area contributed by atoms with Crippen molar-refractivity contribution < 1.29 is 19.1 Å². The fraction of sp³-hybridized carbons (Fsp3) is 0.619. The van der Waals surface area contributed by atoms with E-state index in [9.17, 15) is 9.59 Å². The maximum Gasteiger partial charge on any atom is 0.311 e. The number of carbonyl (C=O) groups excluding carboxylic acids is 2. The first-order valence-electron chi connectivity index (χ1n) is 9.51. The highest BCUT2D eigenvalue weighted by molar-refractivity contribution is 5.76. The van der Waals surface area contributed by atoms with E-state index in [4.69, 9.17) is 9.47 Å². The number of hydrogen-bond donors (Lipinski definition) is 0. The lowest BCUT2D eigenvalue weighted by atomic mass is 10.0. The van der Waals surface area contributed by atoms with Gasteiger partial charge in [0, 0.05) is 12.8 Å². The Morgan fingerprint density at radius 1 is 0.960 bits per heavy atom. The summed E-state index contributed by atoms with van der Waals surface area (Å²) in [5.41, 5.74) is 0.916. The van der Waals surface area contributed by atoms with Gasteiger partial charge in [-0.15, -0.1) is 0 Å². The van der Waals surface area contributed by atoms with Gasteiger partial charge < -0.3 is 9.47 Å². The van der Waals surface area contributed by atoms with Crippen molar-refractivity contribution in [2.45, 2.75) is 79.1 Å². The Labute approximate surface area is 151 Å². The summed E-state index contributed by atoms with van der Waals surface area (Å²) in [6.07, 6.45) is 5.96.